The molecule has 0 saturated heterocycles. The zero-order chi connectivity index (χ0) is 14.7. The minimum Gasteiger partial charge on any atom is -0.339 e. The summed E-state index contributed by atoms with van der Waals surface area (Å²) in [6, 6.07) is 2.22. The molecule has 0 fully saturated rings. The maximum Gasteiger partial charge on any atom is 0.231 e. The molecule has 2 aromatic heterocycles. The van der Waals surface area contributed by atoms with Crippen molar-refractivity contribution in [2.45, 2.75) is 39.7 Å². The molecular weight excluding hydrogens is 252 g/mol. The van der Waals surface area contributed by atoms with Crippen LogP contribution in [0, 0.1) is 12.8 Å². The molecule has 20 heavy (non-hydrogen) atoms. The highest BCUT2D eigenvalue weighted by Gasteiger charge is 2.27. The summed E-state index contributed by atoms with van der Waals surface area (Å²) in [5.74, 6) is 1.90. The minimum absolute atomic E-state index is 0.193. The Labute approximate surface area is 119 Å². The summed E-state index contributed by atoms with van der Waals surface area (Å²) in [7, 11) is 1.95. The van der Waals surface area contributed by atoms with E-state index in [2.05, 4.69) is 41.2 Å². The van der Waals surface area contributed by atoms with Gasteiger partial charge < -0.3 is 9.84 Å². The Morgan fingerprint density at radius 1 is 1.25 bits per heavy atom. The number of aryl methyl sites for hydroxylation is 1. The van der Waals surface area contributed by atoms with Crippen LogP contribution in [0.4, 0.5) is 0 Å². The summed E-state index contributed by atoms with van der Waals surface area (Å²) >= 11 is 0. The molecule has 0 amide bonds. The largest absolute Gasteiger partial charge is 0.339 e. The Morgan fingerprint density at radius 2 is 2.00 bits per heavy atom. The van der Waals surface area contributed by atoms with Crippen LogP contribution >= 0.6 is 0 Å². The lowest BCUT2D eigenvalue weighted by Crippen LogP contribution is -2.32. The Balaban J connectivity index is 2.35. The number of rotatable bonds is 5. The molecule has 0 spiro atoms. The summed E-state index contributed by atoms with van der Waals surface area (Å²) in [5.41, 5.74) is 2.01. The fourth-order valence-corrected chi connectivity index (χ4v) is 2.43. The van der Waals surface area contributed by atoms with Gasteiger partial charge in [0.25, 0.3) is 0 Å². The summed E-state index contributed by atoms with van der Waals surface area (Å²) in [5, 5.41) is 7.38. The summed E-state index contributed by atoms with van der Waals surface area (Å²) in [6.45, 7) is 8.47. The van der Waals surface area contributed by atoms with Crippen molar-refractivity contribution in [2.75, 3.05) is 7.05 Å². The standard InChI is InChI=1S/C15H22N4O/c1-9(2)13(11(4)16-5)15-18-14(19-20-15)12-8-17-7-6-10(12)3/h6-9,11,13,16H,1-5H3. The zero-order valence-electron chi connectivity index (χ0n) is 12.7. The smallest absolute Gasteiger partial charge is 0.231 e. The number of hydrogen-bond donors (Lipinski definition) is 1. The van der Waals surface area contributed by atoms with Gasteiger partial charge >= 0.3 is 0 Å². The van der Waals surface area contributed by atoms with Crippen molar-refractivity contribution >= 4 is 0 Å². The van der Waals surface area contributed by atoms with E-state index in [1.54, 1.807) is 12.4 Å². The quantitative estimate of drug-likeness (QED) is 0.908. The number of aromatic nitrogens is 3. The van der Waals surface area contributed by atoms with Gasteiger partial charge in [0.15, 0.2) is 0 Å². The first-order chi connectivity index (χ1) is 9.54. The maximum absolute atomic E-state index is 5.49. The molecule has 5 nitrogen and oxygen atoms in total. The second-order valence-corrected chi connectivity index (χ2v) is 5.49. The van der Waals surface area contributed by atoms with Crippen molar-refractivity contribution < 1.29 is 4.52 Å². The van der Waals surface area contributed by atoms with Crippen LogP contribution in [0.5, 0.6) is 0 Å². The number of nitrogens with zero attached hydrogens (tertiary/aromatic N) is 3. The fourth-order valence-electron chi connectivity index (χ4n) is 2.43. The first-order valence-electron chi connectivity index (χ1n) is 6.96. The summed E-state index contributed by atoms with van der Waals surface area (Å²) < 4.78 is 5.49. The molecular formula is C15H22N4O. The van der Waals surface area contributed by atoms with Gasteiger partial charge in [-0.2, -0.15) is 4.98 Å². The van der Waals surface area contributed by atoms with Gasteiger partial charge in [0, 0.05) is 24.0 Å². The van der Waals surface area contributed by atoms with E-state index in [1.807, 2.05) is 20.0 Å². The average molecular weight is 274 g/mol. The van der Waals surface area contributed by atoms with Gasteiger partial charge in [-0.05, 0) is 38.4 Å². The van der Waals surface area contributed by atoms with Gasteiger partial charge in [0.1, 0.15) is 0 Å². The van der Waals surface area contributed by atoms with Crippen LogP contribution in [-0.4, -0.2) is 28.2 Å². The van der Waals surface area contributed by atoms with Crippen molar-refractivity contribution in [2.24, 2.45) is 5.92 Å². The SMILES string of the molecule is CNC(C)C(c1nc(-c2cnccc2C)no1)C(C)C. The van der Waals surface area contributed by atoms with Gasteiger partial charge in [0.05, 0.1) is 5.92 Å². The summed E-state index contributed by atoms with van der Waals surface area (Å²) in [6.07, 6.45) is 3.54. The number of pyridine rings is 1. The third-order valence-electron chi connectivity index (χ3n) is 3.72. The molecule has 0 aromatic carbocycles. The van der Waals surface area contributed by atoms with Crippen molar-refractivity contribution in [1.29, 1.82) is 0 Å². The van der Waals surface area contributed by atoms with E-state index in [0.29, 0.717) is 17.6 Å². The van der Waals surface area contributed by atoms with Crippen LogP contribution in [0.3, 0.4) is 0 Å². The average Bonchev–Trinajstić information content (AvgIpc) is 2.88. The normalized spacial score (nSPS) is 14.5. The molecule has 0 radical (unpaired) electrons. The van der Waals surface area contributed by atoms with Crippen molar-refractivity contribution in [3.05, 3.63) is 29.9 Å². The highest BCUT2D eigenvalue weighted by Crippen LogP contribution is 2.28. The van der Waals surface area contributed by atoms with Crippen molar-refractivity contribution in [3.63, 3.8) is 0 Å². The molecule has 0 saturated carbocycles. The number of nitrogens with one attached hydrogen (secondary N) is 1. The van der Waals surface area contributed by atoms with Gasteiger partial charge in [0.2, 0.25) is 11.7 Å². The lowest BCUT2D eigenvalue weighted by molar-refractivity contribution is 0.286. The fraction of sp³-hybridized carbons (Fsp3) is 0.533. The molecule has 1 N–H and O–H groups in total. The first kappa shape index (κ1) is 14.7. The predicted octanol–water partition coefficient (Wildman–Crippen LogP) is 2.79. The van der Waals surface area contributed by atoms with E-state index >= 15 is 0 Å². The third-order valence-corrected chi connectivity index (χ3v) is 3.72. The van der Waals surface area contributed by atoms with Gasteiger partial charge in [-0.1, -0.05) is 19.0 Å². The van der Waals surface area contributed by atoms with Crippen LogP contribution in [0.2, 0.25) is 0 Å². The third kappa shape index (κ3) is 2.88. The molecule has 0 bridgehead atoms. The molecule has 2 atom stereocenters. The van der Waals surface area contributed by atoms with Gasteiger partial charge in [-0.15, -0.1) is 0 Å². The Hall–Kier alpha value is -1.75. The monoisotopic (exact) mass is 274 g/mol. The second-order valence-electron chi connectivity index (χ2n) is 5.49. The molecule has 0 aliphatic heterocycles. The van der Waals surface area contributed by atoms with Crippen molar-refractivity contribution in [1.82, 2.24) is 20.4 Å². The van der Waals surface area contributed by atoms with Gasteiger partial charge in [-0.3, -0.25) is 4.98 Å². The van der Waals surface area contributed by atoms with E-state index in [-0.39, 0.29) is 12.0 Å². The van der Waals surface area contributed by atoms with Gasteiger partial charge in [-0.25, -0.2) is 0 Å². The molecule has 5 heteroatoms. The number of likely N-dealkylation sites (N-methyl/N-ethyl adjacent to an activating group) is 1. The molecule has 108 valence electrons. The topological polar surface area (TPSA) is 63.8 Å². The molecule has 0 aliphatic carbocycles. The lowest BCUT2D eigenvalue weighted by Gasteiger charge is -2.23. The molecule has 2 heterocycles. The highest BCUT2D eigenvalue weighted by molar-refractivity contribution is 5.57. The van der Waals surface area contributed by atoms with E-state index in [0.717, 1.165) is 11.1 Å². The maximum atomic E-state index is 5.49. The lowest BCUT2D eigenvalue weighted by atomic mass is 9.89. The first-order valence-corrected chi connectivity index (χ1v) is 6.96. The Morgan fingerprint density at radius 3 is 2.60 bits per heavy atom. The van der Waals surface area contributed by atoms with Crippen molar-refractivity contribution in [3.8, 4) is 11.4 Å². The Bertz CT molecular complexity index is 565. The van der Waals surface area contributed by atoms with Crippen LogP contribution in [0.1, 0.15) is 38.1 Å². The van der Waals surface area contributed by atoms with Crippen LogP contribution in [0.25, 0.3) is 11.4 Å². The van der Waals surface area contributed by atoms with Crippen LogP contribution in [0.15, 0.2) is 23.0 Å². The highest BCUT2D eigenvalue weighted by atomic mass is 16.5. The molecule has 2 aromatic rings. The molecule has 2 unspecified atom stereocenters. The molecule has 0 aliphatic rings. The van der Waals surface area contributed by atoms with Crippen LogP contribution in [-0.2, 0) is 0 Å². The molecule has 2 rings (SSSR count). The Kier molecular flexibility index (Phi) is 4.49. The van der Waals surface area contributed by atoms with E-state index in [9.17, 15) is 0 Å². The van der Waals surface area contributed by atoms with Crippen LogP contribution < -0.4 is 5.32 Å². The summed E-state index contributed by atoms with van der Waals surface area (Å²) in [4.78, 5) is 8.70. The van der Waals surface area contributed by atoms with E-state index in [4.69, 9.17) is 4.52 Å². The zero-order valence-corrected chi connectivity index (χ0v) is 12.7. The van der Waals surface area contributed by atoms with E-state index < -0.39 is 0 Å². The van der Waals surface area contributed by atoms with E-state index in [1.165, 1.54) is 0 Å². The predicted molar refractivity (Wildman–Crippen MR) is 78.4 cm³/mol. The number of hydrogen-bond acceptors (Lipinski definition) is 5. The second kappa shape index (κ2) is 6.13. The minimum atomic E-state index is 0.193.